The van der Waals surface area contributed by atoms with Crippen molar-refractivity contribution in [3.63, 3.8) is 0 Å². The first kappa shape index (κ1) is 19.1. The summed E-state index contributed by atoms with van der Waals surface area (Å²) in [5.74, 6) is 1.18. The van der Waals surface area contributed by atoms with Gasteiger partial charge in [-0.3, -0.25) is 4.79 Å². The zero-order valence-electron chi connectivity index (χ0n) is 16.4. The molecule has 0 saturated heterocycles. The molecule has 2 aromatic carbocycles. The highest BCUT2D eigenvalue weighted by molar-refractivity contribution is 9.10. The highest BCUT2D eigenvalue weighted by Crippen LogP contribution is 2.44. The van der Waals surface area contributed by atoms with Crippen molar-refractivity contribution in [1.82, 2.24) is 4.57 Å². The van der Waals surface area contributed by atoms with Crippen molar-refractivity contribution in [3.05, 3.63) is 63.8 Å². The first-order valence-electron chi connectivity index (χ1n) is 9.49. The van der Waals surface area contributed by atoms with Crippen LogP contribution >= 0.6 is 15.9 Å². The van der Waals surface area contributed by atoms with E-state index in [1.165, 1.54) is 34.8 Å². The van der Waals surface area contributed by atoms with Crippen molar-refractivity contribution >= 4 is 32.8 Å². The summed E-state index contributed by atoms with van der Waals surface area (Å²) in [6, 6.07) is 14.7. The lowest BCUT2D eigenvalue weighted by atomic mass is 10.0. The van der Waals surface area contributed by atoms with Gasteiger partial charge in [0, 0.05) is 27.6 Å². The first-order chi connectivity index (χ1) is 13.5. The first-order valence-corrected chi connectivity index (χ1v) is 10.3. The van der Waals surface area contributed by atoms with Crippen LogP contribution in [0.4, 0.5) is 0 Å². The number of esters is 1. The van der Waals surface area contributed by atoms with Crippen molar-refractivity contribution in [1.29, 1.82) is 0 Å². The predicted octanol–water partition coefficient (Wildman–Crippen LogP) is 5.12. The summed E-state index contributed by atoms with van der Waals surface area (Å²) < 4.78 is 13.8. The monoisotopic (exact) mass is 441 g/mol. The molecule has 1 fully saturated rings. The fourth-order valence-electron chi connectivity index (χ4n) is 4.07. The number of hydrogen-bond donors (Lipinski definition) is 0. The Bertz CT molecular complexity index is 1020. The Kier molecular flexibility index (Phi) is 5.19. The molecule has 28 heavy (non-hydrogen) atoms. The van der Waals surface area contributed by atoms with Crippen LogP contribution < -0.4 is 4.74 Å². The van der Waals surface area contributed by atoms with Gasteiger partial charge in [-0.1, -0.05) is 28.1 Å². The summed E-state index contributed by atoms with van der Waals surface area (Å²) in [5.41, 5.74) is 5.01. The molecular weight excluding hydrogens is 418 g/mol. The zero-order chi connectivity index (χ0) is 19.8. The Hall–Kier alpha value is -2.27. The van der Waals surface area contributed by atoms with Crippen molar-refractivity contribution in [2.75, 3.05) is 14.2 Å². The van der Waals surface area contributed by atoms with E-state index in [0.29, 0.717) is 5.92 Å². The average molecular weight is 442 g/mol. The molecule has 0 N–H and O–H groups in total. The van der Waals surface area contributed by atoms with Crippen LogP contribution in [0.1, 0.15) is 23.2 Å². The second kappa shape index (κ2) is 7.63. The van der Waals surface area contributed by atoms with Crippen LogP contribution in [0.15, 0.2) is 46.9 Å². The van der Waals surface area contributed by atoms with Crippen LogP contribution in [0.25, 0.3) is 10.9 Å². The van der Waals surface area contributed by atoms with Gasteiger partial charge in [-0.25, -0.2) is 0 Å². The molecule has 2 atom stereocenters. The quantitative estimate of drug-likeness (QED) is 0.498. The largest absolute Gasteiger partial charge is 0.497 e. The van der Waals surface area contributed by atoms with Crippen molar-refractivity contribution in [2.24, 2.45) is 11.8 Å². The van der Waals surface area contributed by atoms with E-state index in [2.05, 4.69) is 63.8 Å². The maximum absolute atomic E-state index is 11.8. The Balaban J connectivity index is 1.72. The fourth-order valence-corrected chi connectivity index (χ4v) is 4.33. The zero-order valence-corrected chi connectivity index (χ0v) is 18.0. The van der Waals surface area contributed by atoms with Crippen molar-refractivity contribution < 1.29 is 14.3 Å². The van der Waals surface area contributed by atoms with Gasteiger partial charge in [-0.2, -0.15) is 0 Å². The van der Waals surface area contributed by atoms with E-state index in [-0.39, 0.29) is 11.9 Å². The lowest BCUT2D eigenvalue weighted by molar-refractivity contribution is -0.142. The van der Waals surface area contributed by atoms with Crippen LogP contribution in [-0.4, -0.2) is 24.8 Å². The van der Waals surface area contributed by atoms with Gasteiger partial charge >= 0.3 is 5.97 Å². The summed E-state index contributed by atoms with van der Waals surface area (Å²) in [6.07, 6.45) is 1.80. The molecule has 0 spiro atoms. The number of hydrogen-bond acceptors (Lipinski definition) is 3. The predicted molar refractivity (Wildman–Crippen MR) is 114 cm³/mol. The second-order valence-corrected chi connectivity index (χ2v) is 8.40. The van der Waals surface area contributed by atoms with Gasteiger partial charge in [-0.05, 0) is 67.1 Å². The molecule has 3 aromatic rings. The van der Waals surface area contributed by atoms with E-state index in [9.17, 15) is 4.79 Å². The molecular formula is C23H24BrNO3. The van der Waals surface area contributed by atoms with Gasteiger partial charge < -0.3 is 14.0 Å². The van der Waals surface area contributed by atoms with Crippen molar-refractivity contribution in [3.8, 4) is 5.75 Å². The minimum absolute atomic E-state index is 0.0416. The van der Waals surface area contributed by atoms with Gasteiger partial charge in [0.15, 0.2) is 0 Å². The highest BCUT2D eigenvalue weighted by atomic mass is 79.9. The number of ether oxygens (including phenoxy) is 2. The molecule has 4 rings (SSSR count). The third-order valence-corrected chi connectivity index (χ3v) is 6.34. The lowest BCUT2D eigenvalue weighted by Gasteiger charge is -2.10. The Morgan fingerprint density at radius 1 is 1.18 bits per heavy atom. The number of benzene rings is 2. The van der Waals surface area contributed by atoms with E-state index in [1.807, 2.05) is 6.07 Å². The minimum atomic E-state index is -0.0844. The van der Waals surface area contributed by atoms with Gasteiger partial charge in [0.1, 0.15) is 5.75 Å². The van der Waals surface area contributed by atoms with Gasteiger partial charge in [-0.15, -0.1) is 0 Å². The molecule has 5 heteroatoms. The molecule has 0 amide bonds. The molecule has 0 bridgehead atoms. The van der Waals surface area contributed by atoms with E-state index >= 15 is 0 Å². The number of carbonyl (C=O) groups excluding carboxylic acids is 1. The normalized spacial score (nSPS) is 18.3. The number of halogens is 1. The number of rotatable bonds is 6. The van der Waals surface area contributed by atoms with Gasteiger partial charge in [0.2, 0.25) is 0 Å². The van der Waals surface area contributed by atoms with E-state index in [0.717, 1.165) is 29.6 Å². The summed E-state index contributed by atoms with van der Waals surface area (Å²) in [6.45, 7) is 2.99. The Labute approximate surface area is 173 Å². The standard InChI is InChI=1S/C23H24BrNO3/c1-14-19(10-16-11-20(16)23(26)28-3)21-12-18(27-2)8-9-22(21)25(14)13-15-4-6-17(24)7-5-15/h4-9,12,16,20H,10-11,13H2,1-3H3/t16-,20+/m0/s1. The fraction of sp³-hybridized carbons (Fsp3) is 0.348. The van der Waals surface area contributed by atoms with Gasteiger partial charge in [0.25, 0.3) is 0 Å². The molecule has 1 aromatic heterocycles. The van der Waals surface area contributed by atoms with Crippen LogP contribution in [0.3, 0.4) is 0 Å². The third kappa shape index (κ3) is 3.55. The summed E-state index contributed by atoms with van der Waals surface area (Å²) in [7, 11) is 3.17. The van der Waals surface area contributed by atoms with E-state index < -0.39 is 0 Å². The van der Waals surface area contributed by atoms with Crippen LogP contribution in [0.2, 0.25) is 0 Å². The molecule has 1 saturated carbocycles. The third-order valence-electron chi connectivity index (χ3n) is 5.81. The van der Waals surface area contributed by atoms with Crippen molar-refractivity contribution in [2.45, 2.75) is 26.3 Å². The van der Waals surface area contributed by atoms with E-state index in [1.54, 1.807) is 7.11 Å². The number of aromatic nitrogens is 1. The Morgan fingerprint density at radius 2 is 1.93 bits per heavy atom. The van der Waals surface area contributed by atoms with Crippen LogP contribution in [-0.2, 0) is 22.5 Å². The topological polar surface area (TPSA) is 40.5 Å². The number of methoxy groups -OCH3 is 2. The number of fused-ring (bicyclic) bond motifs is 1. The summed E-state index contributed by atoms with van der Waals surface area (Å²) in [4.78, 5) is 11.8. The maximum Gasteiger partial charge on any atom is 0.308 e. The molecule has 1 aliphatic rings. The molecule has 0 radical (unpaired) electrons. The lowest BCUT2D eigenvalue weighted by Crippen LogP contribution is -2.06. The number of nitrogens with zero attached hydrogens (tertiary/aromatic N) is 1. The minimum Gasteiger partial charge on any atom is -0.497 e. The van der Waals surface area contributed by atoms with Crippen LogP contribution in [0.5, 0.6) is 5.75 Å². The molecule has 0 aliphatic heterocycles. The smallest absolute Gasteiger partial charge is 0.308 e. The molecule has 0 unspecified atom stereocenters. The molecule has 146 valence electrons. The second-order valence-electron chi connectivity index (χ2n) is 7.49. The van der Waals surface area contributed by atoms with Gasteiger partial charge in [0.05, 0.1) is 20.1 Å². The Morgan fingerprint density at radius 3 is 2.61 bits per heavy atom. The molecule has 4 nitrogen and oxygen atoms in total. The SMILES string of the molecule is COC(=O)[C@@H]1C[C@@H]1Cc1c(C)n(Cc2ccc(Br)cc2)c2ccc(OC)cc12. The van der Waals surface area contributed by atoms with Crippen LogP contribution in [0, 0.1) is 18.8 Å². The molecule has 1 aliphatic carbocycles. The highest BCUT2D eigenvalue weighted by Gasteiger charge is 2.44. The number of carbonyl (C=O) groups is 1. The maximum atomic E-state index is 11.8. The average Bonchev–Trinajstić information content (AvgIpc) is 3.44. The summed E-state index contributed by atoms with van der Waals surface area (Å²) in [5, 5.41) is 1.21. The van der Waals surface area contributed by atoms with E-state index in [4.69, 9.17) is 9.47 Å². The molecule has 1 heterocycles. The summed E-state index contributed by atoms with van der Waals surface area (Å²) >= 11 is 3.50.